The normalized spacial score (nSPS) is 11.4. The molecule has 112 valence electrons. The molecule has 2 aromatic rings. The Kier molecular flexibility index (Phi) is 4.41. The van der Waals surface area contributed by atoms with Crippen molar-refractivity contribution in [1.29, 1.82) is 0 Å². The number of nitrogens with zero attached hydrogens (tertiary/aromatic N) is 1. The summed E-state index contributed by atoms with van der Waals surface area (Å²) in [5.41, 5.74) is 7.77. The molecule has 0 aliphatic carbocycles. The average molecular weight is 326 g/mol. The molecule has 21 heavy (non-hydrogen) atoms. The van der Waals surface area contributed by atoms with E-state index in [-0.39, 0.29) is 10.6 Å². The third-order valence-electron chi connectivity index (χ3n) is 3.07. The number of sulfonamides is 1. The summed E-state index contributed by atoms with van der Waals surface area (Å²) < 4.78 is 22.7. The maximum absolute atomic E-state index is 11.3. The maximum atomic E-state index is 11.3. The number of benzene rings is 2. The Balaban J connectivity index is 2.22. The maximum Gasteiger partial charge on any atom is 0.240 e. The first-order valence-corrected chi connectivity index (χ1v) is 8.08. The minimum atomic E-state index is -3.80. The van der Waals surface area contributed by atoms with Crippen molar-refractivity contribution in [2.75, 3.05) is 17.7 Å². The van der Waals surface area contributed by atoms with Crippen LogP contribution in [0.15, 0.2) is 47.4 Å². The highest BCUT2D eigenvalue weighted by Crippen LogP contribution is 2.24. The van der Waals surface area contributed by atoms with Crippen LogP contribution >= 0.6 is 11.6 Å². The first kappa shape index (κ1) is 15.6. The van der Waals surface area contributed by atoms with Crippen LogP contribution in [0.2, 0.25) is 5.02 Å². The summed E-state index contributed by atoms with van der Waals surface area (Å²) >= 11 is 5.85. The van der Waals surface area contributed by atoms with Crippen LogP contribution in [0.25, 0.3) is 0 Å². The van der Waals surface area contributed by atoms with Gasteiger partial charge in [-0.15, -0.1) is 0 Å². The molecule has 0 aliphatic heterocycles. The zero-order chi connectivity index (χ0) is 15.6. The van der Waals surface area contributed by atoms with Crippen molar-refractivity contribution in [3.05, 3.63) is 53.1 Å². The number of nitrogens with two attached hydrogens (primary N) is 2. The van der Waals surface area contributed by atoms with Gasteiger partial charge in [0.2, 0.25) is 10.0 Å². The van der Waals surface area contributed by atoms with Crippen molar-refractivity contribution in [3.63, 3.8) is 0 Å². The van der Waals surface area contributed by atoms with Crippen LogP contribution in [0.4, 0.5) is 11.4 Å². The fourth-order valence-electron chi connectivity index (χ4n) is 1.99. The number of rotatable bonds is 4. The molecule has 0 amide bonds. The van der Waals surface area contributed by atoms with Crippen molar-refractivity contribution in [3.8, 4) is 0 Å². The third-order valence-corrected chi connectivity index (χ3v) is 4.31. The highest BCUT2D eigenvalue weighted by Gasteiger charge is 2.13. The first-order valence-electron chi connectivity index (χ1n) is 6.15. The molecule has 0 fully saturated rings. The molecule has 0 aromatic heterocycles. The lowest BCUT2D eigenvalue weighted by molar-refractivity contribution is 0.598. The molecule has 0 aliphatic rings. The van der Waals surface area contributed by atoms with Gasteiger partial charge in [0.25, 0.3) is 0 Å². The quantitative estimate of drug-likeness (QED) is 0.843. The van der Waals surface area contributed by atoms with Gasteiger partial charge in [-0.1, -0.05) is 23.7 Å². The van der Waals surface area contributed by atoms with Crippen molar-refractivity contribution < 1.29 is 8.42 Å². The van der Waals surface area contributed by atoms with Crippen molar-refractivity contribution in [2.45, 2.75) is 11.4 Å². The summed E-state index contributed by atoms with van der Waals surface area (Å²) in [6, 6.07) is 12.2. The molecule has 2 aromatic carbocycles. The van der Waals surface area contributed by atoms with E-state index in [1.54, 1.807) is 12.1 Å². The SMILES string of the molecule is CN(Cc1ccc(Cl)cc1)c1ccc(S(N)(=O)=O)c(N)c1. The van der Waals surface area contributed by atoms with E-state index >= 15 is 0 Å². The number of primary sulfonamides is 1. The Bertz CT molecular complexity index is 745. The lowest BCUT2D eigenvalue weighted by atomic mass is 10.2. The Morgan fingerprint density at radius 1 is 1.14 bits per heavy atom. The highest BCUT2D eigenvalue weighted by molar-refractivity contribution is 7.89. The lowest BCUT2D eigenvalue weighted by Gasteiger charge is -2.20. The van der Waals surface area contributed by atoms with Gasteiger partial charge in [-0.3, -0.25) is 0 Å². The van der Waals surface area contributed by atoms with Crippen LogP contribution < -0.4 is 15.8 Å². The Morgan fingerprint density at radius 3 is 2.29 bits per heavy atom. The monoisotopic (exact) mass is 325 g/mol. The summed E-state index contributed by atoms with van der Waals surface area (Å²) in [7, 11) is -1.91. The minimum absolute atomic E-state index is 0.0638. The molecule has 5 nitrogen and oxygen atoms in total. The molecule has 0 unspecified atom stereocenters. The molecule has 0 bridgehead atoms. The molecule has 0 spiro atoms. The van der Waals surface area contributed by atoms with E-state index in [1.165, 1.54) is 6.07 Å². The van der Waals surface area contributed by atoms with Crippen LogP contribution in [0.3, 0.4) is 0 Å². The molecule has 7 heteroatoms. The standard InChI is InChI=1S/C14H16ClN3O2S/c1-18(9-10-2-4-11(15)5-3-10)12-6-7-14(13(16)8-12)21(17,19)20/h2-8H,9,16H2,1H3,(H2,17,19,20). The average Bonchev–Trinajstić information content (AvgIpc) is 2.39. The van der Waals surface area contributed by atoms with Gasteiger partial charge in [-0.05, 0) is 35.9 Å². The largest absolute Gasteiger partial charge is 0.398 e. The number of nitrogen functional groups attached to an aromatic ring is 1. The number of halogens is 1. The number of anilines is 2. The molecule has 0 radical (unpaired) electrons. The van der Waals surface area contributed by atoms with Crippen molar-refractivity contribution in [1.82, 2.24) is 0 Å². The van der Waals surface area contributed by atoms with Gasteiger partial charge in [0.15, 0.2) is 0 Å². The topological polar surface area (TPSA) is 89.4 Å². The van der Waals surface area contributed by atoms with Crippen LogP contribution in [-0.4, -0.2) is 15.5 Å². The Labute approximate surface area is 129 Å². The summed E-state index contributed by atoms with van der Waals surface area (Å²) in [5, 5.41) is 5.77. The van der Waals surface area contributed by atoms with E-state index in [9.17, 15) is 8.42 Å². The molecule has 0 saturated carbocycles. The lowest BCUT2D eigenvalue weighted by Crippen LogP contribution is -2.18. The van der Waals surface area contributed by atoms with E-state index < -0.39 is 10.0 Å². The zero-order valence-electron chi connectivity index (χ0n) is 11.5. The van der Waals surface area contributed by atoms with Crippen LogP contribution in [0, 0.1) is 0 Å². The second-order valence-corrected chi connectivity index (χ2v) is 6.72. The van der Waals surface area contributed by atoms with Gasteiger partial charge >= 0.3 is 0 Å². The van der Waals surface area contributed by atoms with Gasteiger partial charge in [0, 0.05) is 24.3 Å². The van der Waals surface area contributed by atoms with Crippen LogP contribution in [0.1, 0.15) is 5.56 Å². The number of hydrogen-bond donors (Lipinski definition) is 2. The van der Waals surface area contributed by atoms with Crippen molar-refractivity contribution >= 4 is 33.0 Å². The fraction of sp³-hybridized carbons (Fsp3) is 0.143. The second kappa shape index (κ2) is 5.93. The van der Waals surface area contributed by atoms with Gasteiger partial charge in [-0.2, -0.15) is 0 Å². The van der Waals surface area contributed by atoms with Gasteiger partial charge in [-0.25, -0.2) is 13.6 Å². The van der Waals surface area contributed by atoms with Gasteiger partial charge in [0.1, 0.15) is 4.90 Å². The Morgan fingerprint density at radius 2 is 1.76 bits per heavy atom. The smallest absolute Gasteiger partial charge is 0.240 e. The minimum Gasteiger partial charge on any atom is -0.398 e. The van der Waals surface area contributed by atoms with Crippen LogP contribution in [-0.2, 0) is 16.6 Å². The molecule has 0 heterocycles. The summed E-state index contributed by atoms with van der Waals surface area (Å²) in [6.07, 6.45) is 0. The van der Waals surface area contributed by atoms with E-state index in [0.717, 1.165) is 11.3 Å². The van der Waals surface area contributed by atoms with E-state index in [2.05, 4.69) is 0 Å². The fourth-order valence-corrected chi connectivity index (χ4v) is 2.76. The second-order valence-electron chi connectivity index (χ2n) is 4.75. The molecule has 0 atom stereocenters. The predicted molar refractivity (Wildman–Crippen MR) is 85.8 cm³/mol. The molecular weight excluding hydrogens is 310 g/mol. The first-order chi connectivity index (χ1) is 9.77. The van der Waals surface area contributed by atoms with Crippen molar-refractivity contribution in [2.24, 2.45) is 5.14 Å². The van der Waals surface area contributed by atoms with Gasteiger partial charge in [0.05, 0.1) is 5.69 Å². The van der Waals surface area contributed by atoms with E-state index in [1.807, 2.05) is 36.2 Å². The predicted octanol–water partition coefficient (Wildman–Crippen LogP) is 2.21. The van der Waals surface area contributed by atoms with Gasteiger partial charge < -0.3 is 10.6 Å². The van der Waals surface area contributed by atoms with E-state index in [4.69, 9.17) is 22.5 Å². The summed E-state index contributed by atoms with van der Waals surface area (Å²) in [4.78, 5) is 1.89. The zero-order valence-corrected chi connectivity index (χ0v) is 13.0. The molecule has 4 N–H and O–H groups in total. The summed E-state index contributed by atoms with van der Waals surface area (Å²) in [5.74, 6) is 0. The third kappa shape index (κ3) is 3.87. The van der Waals surface area contributed by atoms with Crippen LogP contribution in [0.5, 0.6) is 0 Å². The molecule has 0 saturated heterocycles. The molecular formula is C14H16ClN3O2S. The molecule has 2 rings (SSSR count). The summed E-state index contributed by atoms with van der Waals surface area (Å²) in [6.45, 7) is 0.644. The Hall–Kier alpha value is -1.76. The number of hydrogen-bond acceptors (Lipinski definition) is 4. The highest BCUT2D eigenvalue weighted by atomic mass is 35.5. The van der Waals surface area contributed by atoms with E-state index in [0.29, 0.717) is 11.6 Å².